The third-order valence-electron chi connectivity index (χ3n) is 5.71. The Labute approximate surface area is 184 Å². The standard InChI is InChI=1S/C23H32BNO6/c1-21(2,3)29-20(27)25-14-17(24-30-22(4,5)23(6,7)31-24)13-18(25)19(26)28-15-16-11-9-8-10-12-16/h8-13,18H,14-15H2,1-7H3. The van der Waals surface area contributed by atoms with Gasteiger partial charge in [0.05, 0.1) is 11.2 Å². The summed E-state index contributed by atoms with van der Waals surface area (Å²) in [5, 5.41) is 0. The highest BCUT2D eigenvalue weighted by atomic mass is 16.7. The molecule has 0 aliphatic carbocycles. The second-order valence-corrected chi connectivity index (χ2v) is 9.98. The van der Waals surface area contributed by atoms with Crippen molar-refractivity contribution in [1.82, 2.24) is 4.90 Å². The smallest absolute Gasteiger partial charge is 0.459 e. The maximum Gasteiger partial charge on any atom is 0.492 e. The summed E-state index contributed by atoms with van der Waals surface area (Å²) in [6, 6.07) is 8.49. The lowest BCUT2D eigenvalue weighted by atomic mass is 9.78. The van der Waals surface area contributed by atoms with Gasteiger partial charge in [0, 0.05) is 6.54 Å². The predicted molar refractivity (Wildman–Crippen MR) is 117 cm³/mol. The van der Waals surface area contributed by atoms with Crippen LogP contribution in [0.4, 0.5) is 4.79 Å². The van der Waals surface area contributed by atoms with E-state index in [1.54, 1.807) is 26.8 Å². The Bertz CT molecular complexity index is 843. The molecule has 7 nitrogen and oxygen atoms in total. The largest absolute Gasteiger partial charge is 0.492 e. The summed E-state index contributed by atoms with van der Waals surface area (Å²) in [6.45, 7) is 13.5. The molecule has 168 valence electrons. The van der Waals surface area contributed by atoms with E-state index in [0.717, 1.165) is 5.56 Å². The summed E-state index contributed by atoms with van der Waals surface area (Å²) in [5.74, 6) is -0.527. The molecule has 31 heavy (non-hydrogen) atoms. The van der Waals surface area contributed by atoms with Crippen LogP contribution in [0.3, 0.4) is 0 Å². The molecule has 2 aliphatic heterocycles. The summed E-state index contributed by atoms with van der Waals surface area (Å²) < 4.78 is 23.2. The monoisotopic (exact) mass is 429 g/mol. The first-order valence-corrected chi connectivity index (χ1v) is 10.6. The van der Waals surface area contributed by atoms with Gasteiger partial charge in [0.1, 0.15) is 12.2 Å². The predicted octanol–water partition coefficient (Wildman–Crippen LogP) is 3.91. The molecule has 1 aromatic rings. The second-order valence-electron chi connectivity index (χ2n) is 9.98. The Hall–Kier alpha value is -2.32. The molecule has 1 saturated heterocycles. The number of hydrogen-bond acceptors (Lipinski definition) is 6. The van der Waals surface area contributed by atoms with Crippen molar-refractivity contribution in [3.8, 4) is 0 Å². The Morgan fingerprint density at radius 1 is 1.10 bits per heavy atom. The summed E-state index contributed by atoms with van der Waals surface area (Å²) in [4.78, 5) is 27.1. The van der Waals surface area contributed by atoms with Crippen LogP contribution < -0.4 is 0 Å². The minimum atomic E-state index is -0.910. The molecule has 2 aliphatic rings. The lowest BCUT2D eigenvalue weighted by Gasteiger charge is -2.32. The number of benzene rings is 1. The topological polar surface area (TPSA) is 74.3 Å². The molecule has 0 N–H and O–H groups in total. The van der Waals surface area contributed by atoms with Crippen molar-refractivity contribution >= 4 is 19.2 Å². The fraction of sp³-hybridized carbons (Fsp3) is 0.565. The molecule has 1 atom stereocenters. The lowest BCUT2D eigenvalue weighted by molar-refractivity contribution is -0.148. The molecule has 0 radical (unpaired) electrons. The van der Waals surface area contributed by atoms with Crippen LogP contribution >= 0.6 is 0 Å². The summed E-state index contributed by atoms with van der Waals surface area (Å²) in [7, 11) is -0.651. The van der Waals surface area contributed by atoms with E-state index >= 15 is 0 Å². The van der Waals surface area contributed by atoms with Crippen LogP contribution in [-0.2, 0) is 30.2 Å². The van der Waals surface area contributed by atoms with Gasteiger partial charge in [-0.2, -0.15) is 0 Å². The fourth-order valence-corrected chi connectivity index (χ4v) is 3.30. The number of hydrogen-bond donors (Lipinski definition) is 0. The second kappa shape index (κ2) is 8.32. The summed E-state index contributed by atoms with van der Waals surface area (Å²) in [5.41, 5.74) is -0.177. The molecule has 1 fully saturated rings. The highest BCUT2D eigenvalue weighted by molar-refractivity contribution is 6.55. The average molecular weight is 429 g/mol. The quantitative estimate of drug-likeness (QED) is 0.534. The molecule has 0 spiro atoms. The van der Waals surface area contributed by atoms with Crippen LogP contribution in [0, 0.1) is 0 Å². The fourth-order valence-electron chi connectivity index (χ4n) is 3.30. The molecule has 1 aromatic carbocycles. The average Bonchev–Trinajstić information content (AvgIpc) is 3.18. The molecule has 0 bridgehead atoms. The van der Waals surface area contributed by atoms with Crippen LogP contribution in [0.2, 0.25) is 0 Å². The van der Waals surface area contributed by atoms with Crippen molar-refractivity contribution in [2.45, 2.75) is 77.9 Å². The molecular weight excluding hydrogens is 397 g/mol. The van der Waals surface area contributed by atoms with Crippen molar-refractivity contribution < 1.29 is 28.4 Å². The normalized spacial score (nSPS) is 22.3. The van der Waals surface area contributed by atoms with Gasteiger partial charge in [-0.3, -0.25) is 4.90 Å². The van der Waals surface area contributed by atoms with Crippen LogP contribution in [0.25, 0.3) is 0 Å². The number of rotatable bonds is 4. The van der Waals surface area contributed by atoms with E-state index in [1.165, 1.54) is 4.90 Å². The van der Waals surface area contributed by atoms with E-state index in [2.05, 4.69) is 0 Å². The van der Waals surface area contributed by atoms with Crippen LogP contribution in [-0.4, -0.2) is 53.5 Å². The van der Waals surface area contributed by atoms with Gasteiger partial charge in [0.25, 0.3) is 0 Å². The maximum atomic E-state index is 12.9. The number of amides is 1. The third-order valence-corrected chi connectivity index (χ3v) is 5.71. The molecule has 1 amide bonds. The first kappa shape index (κ1) is 23.4. The Morgan fingerprint density at radius 2 is 1.68 bits per heavy atom. The van der Waals surface area contributed by atoms with Crippen molar-refractivity contribution in [1.29, 1.82) is 0 Å². The van der Waals surface area contributed by atoms with Gasteiger partial charge in [0.15, 0.2) is 6.04 Å². The van der Waals surface area contributed by atoms with E-state index in [9.17, 15) is 9.59 Å². The first-order chi connectivity index (χ1) is 14.3. The minimum absolute atomic E-state index is 0.123. The molecular formula is C23H32BNO6. The van der Waals surface area contributed by atoms with Gasteiger partial charge in [-0.15, -0.1) is 0 Å². The van der Waals surface area contributed by atoms with Gasteiger partial charge < -0.3 is 18.8 Å². The summed E-state index contributed by atoms with van der Waals surface area (Å²) in [6.07, 6.45) is 1.11. The van der Waals surface area contributed by atoms with Gasteiger partial charge in [0.2, 0.25) is 0 Å². The number of carbonyl (C=O) groups excluding carboxylic acids is 2. The molecule has 0 aromatic heterocycles. The number of carbonyl (C=O) groups is 2. The molecule has 2 heterocycles. The Balaban J connectivity index is 1.79. The zero-order valence-electron chi connectivity index (χ0n) is 19.4. The molecule has 8 heteroatoms. The highest BCUT2D eigenvalue weighted by Crippen LogP contribution is 2.40. The third kappa shape index (κ3) is 5.30. The molecule has 3 rings (SSSR count). The number of nitrogens with zero attached hydrogens (tertiary/aromatic N) is 1. The van der Waals surface area contributed by atoms with Crippen LogP contribution in [0.5, 0.6) is 0 Å². The van der Waals surface area contributed by atoms with Crippen LogP contribution in [0.15, 0.2) is 41.9 Å². The van der Waals surface area contributed by atoms with Gasteiger partial charge in [-0.1, -0.05) is 36.4 Å². The van der Waals surface area contributed by atoms with Crippen molar-refractivity contribution in [2.24, 2.45) is 0 Å². The van der Waals surface area contributed by atoms with Gasteiger partial charge in [-0.25, -0.2) is 9.59 Å². The maximum absolute atomic E-state index is 12.9. The number of esters is 1. The van der Waals surface area contributed by atoms with E-state index in [1.807, 2.05) is 58.0 Å². The highest BCUT2D eigenvalue weighted by Gasteiger charge is 2.54. The number of ether oxygens (including phenoxy) is 2. The summed E-state index contributed by atoms with van der Waals surface area (Å²) >= 11 is 0. The van der Waals surface area contributed by atoms with Gasteiger partial charge in [-0.05, 0) is 59.5 Å². The zero-order valence-corrected chi connectivity index (χ0v) is 19.4. The van der Waals surface area contributed by atoms with E-state index in [-0.39, 0.29) is 13.2 Å². The zero-order chi connectivity index (χ0) is 23.0. The van der Waals surface area contributed by atoms with Crippen molar-refractivity contribution in [3.63, 3.8) is 0 Å². The van der Waals surface area contributed by atoms with E-state index in [0.29, 0.717) is 5.47 Å². The van der Waals surface area contributed by atoms with Gasteiger partial charge >= 0.3 is 19.2 Å². The molecule has 0 saturated carbocycles. The van der Waals surface area contributed by atoms with Crippen molar-refractivity contribution in [3.05, 3.63) is 47.4 Å². The van der Waals surface area contributed by atoms with E-state index < -0.39 is 42.0 Å². The Morgan fingerprint density at radius 3 is 2.23 bits per heavy atom. The minimum Gasteiger partial charge on any atom is -0.459 e. The molecule has 1 unspecified atom stereocenters. The first-order valence-electron chi connectivity index (χ1n) is 10.6. The van der Waals surface area contributed by atoms with E-state index in [4.69, 9.17) is 18.8 Å². The van der Waals surface area contributed by atoms with Crippen molar-refractivity contribution in [2.75, 3.05) is 6.54 Å². The Kier molecular flexibility index (Phi) is 6.26. The SMILES string of the molecule is CC(C)(C)OC(=O)N1CC(B2OC(C)(C)C(C)(C)O2)=CC1C(=O)OCc1ccccc1. The van der Waals surface area contributed by atoms with Crippen LogP contribution in [0.1, 0.15) is 54.0 Å². The lowest BCUT2D eigenvalue weighted by Crippen LogP contribution is -2.44.